The van der Waals surface area contributed by atoms with Gasteiger partial charge in [-0.05, 0) is 42.2 Å². The lowest BCUT2D eigenvalue weighted by molar-refractivity contribution is 0.171. The number of aromatic nitrogens is 1. The summed E-state index contributed by atoms with van der Waals surface area (Å²) in [7, 11) is 2.05. The molecule has 1 atom stereocenters. The maximum atomic E-state index is 5.74. The Labute approximate surface area is 156 Å². The lowest BCUT2D eigenvalue weighted by Gasteiger charge is -2.25. The van der Waals surface area contributed by atoms with E-state index in [1.54, 1.807) is 0 Å². The molecule has 3 rings (SSSR count). The average Bonchev–Trinajstić information content (AvgIpc) is 2.67. The van der Waals surface area contributed by atoms with Crippen LogP contribution in [-0.2, 0) is 6.54 Å². The first kappa shape index (κ1) is 18.5. The summed E-state index contributed by atoms with van der Waals surface area (Å²) < 4.78 is 11.4. The molecule has 1 aromatic carbocycles. The molecule has 1 aliphatic rings. The molecule has 0 aliphatic carbocycles. The highest BCUT2D eigenvalue weighted by Gasteiger charge is 2.19. The molecule has 0 unspecified atom stereocenters. The highest BCUT2D eigenvalue weighted by molar-refractivity contribution is 5.45. The van der Waals surface area contributed by atoms with Crippen molar-refractivity contribution in [3.8, 4) is 11.5 Å². The van der Waals surface area contributed by atoms with Crippen molar-refractivity contribution in [1.82, 2.24) is 10.3 Å². The van der Waals surface area contributed by atoms with Gasteiger partial charge < -0.3 is 19.7 Å². The number of ether oxygens (including phenoxy) is 2. The lowest BCUT2D eigenvalue weighted by Crippen LogP contribution is -2.26. The lowest BCUT2D eigenvalue weighted by atomic mass is 9.95. The van der Waals surface area contributed by atoms with E-state index in [2.05, 4.69) is 67.3 Å². The second-order valence-corrected chi connectivity index (χ2v) is 7.04. The van der Waals surface area contributed by atoms with E-state index in [0.29, 0.717) is 19.1 Å². The molecule has 5 nitrogen and oxygen atoms in total. The second kappa shape index (κ2) is 8.41. The number of rotatable bonds is 7. The van der Waals surface area contributed by atoms with Gasteiger partial charge in [-0.1, -0.05) is 26.0 Å². The van der Waals surface area contributed by atoms with Crippen molar-refractivity contribution in [2.75, 3.05) is 31.7 Å². The van der Waals surface area contributed by atoms with Gasteiger partial charge in [0.05, 0.1) is 0 Å². The molecular weight excluding hydrogens is 326 g/mol. The van der Waals surface area contributed by atoms with Gasteiger partial charge in [0, 0.05) is 32.4 Å². The first-order valence-electron chi connectivity index (χ1n) is 9.37. The number of anilines is 1. The van der Waals surface area contributed by atoms with Crippen LogP contribution in [-0.4, -0.2) is 31.8 Å². The maximum absolute atomic E-state index is 5.74. The largest absolute Gasteiger partial charge is 0.486 e. The molecule has 2 heterocycles. The Balaban J connectivity index is 1.69. The van der Waals surface area contributed by atoms with Crippen molar-refractivity contribution in [3.05, 3.63) is 47.7 Å². The highest BCUT2D eigenvalue weighted by atomic mass is 16.6. The fraction of sp³-hybridized carbons (Fsp3) is 0.476. The van der Waals surface area contributed by atoms with E-state index in [1.165, 1.54) is 11.1 Å². The van der Waals surface area contributed by atoms with Gasteiger partial charge >= 0.3 is 0 Å². The van der Waals surface area contributed by atoms with Gasteiger partial charge in [-0.15, -0.1) is 0 Å². The van der Waals surface area contributed by atoms with E-state index >= 15 is 0 Å². The summed E-state index contributed by atoms with van der Waals surface area (Å²) >= 11 is 0. The number of fused-ring (bicyclic) bond motifs is 1. The Kier molecular flexibility index (Phi) is 5.99. The van der Waals surface area contributed by atoms with E-state index < -0.39 is 0 Å². The van der Waals surface area contributed by atoms with Crippen molar-refractivity contribution in [2.24, 2.45) is 5.92 Å². The first-order chi connectivity index (χ1) is 12.6. The Morgan fingerprint density at radius 1 is 1.12 bits per heavy atom. The summed E-state index contributed by atoms with van der Waals surface area (Å²) in [5.41, 5.74) is 2.40. The fourth-order valence-electron chi connectivity index (χ4n) is 3.13. The van der Waals surface area contributed by atoms with E-state index in [9.17, 15) is 0 Å². The Morgan fingerprint density at radius 3 is 2.54 bits per heavy atom. The van der Waals surface area contributed by atoms with Crippen LogP contribution in [0.3, 0.4) is 0 Å². The van der Waals surface area contributed by atoms with E-state index in [4.69, 9.17) is 9.47 Å². The van der Waals surface area contributed by atoms with Crippen LogP contribution in [0.25, 0.3) is 0 Å². The molecule has 26 heavy (non-hydrogen) atoms. The summed E-state index contributed by atoms with van der Waals surface area (Å²) in [5.74, 6) is 3.14. The zero-order valence-corrected chi connectivity index (χ0v) is 16.2. The fourth-order valence-corrected chi connectivity index (χ4v) is 3.13. The second-order valence-electron chi connectivity index (χ2n) is 7.04. The van der Waals surface area contributed by atoms with E-state index in [0.717, 1.165) is 30.4 Å². The zero-order valence-electron chi connectivity index (χ0n) is 16.2. The van der Waals surface area contributed by atoms with E-state index in [1.807, 2.05) is 12.3 Å². The average molecular weight is 355 g/mol. The zero-order chi connectivity index (χ0) is 18.5. The van der Waals surface area contributed by atoms with Crippen molar-refractivity contribution in [2.45, 2.75) is 33.4 Å². The van der Waals surface area contributed by atoms with Gasteiger partial charge in [-0.2, -0.15) is 0 Å². The summed E-state index contributed by atoms with van der Waals surface area (Å²) in [4.78, 5) is 6.68. The molecule has 1 aliphatic heterocycles. The van der Waals surface area contributed by atoms with E-state index in [-0.39, 0.29) is 6.04 Å². The molecule has 2 aromatic rings. The number of hydrogen-bond acceptors (Lipinski definition) is 5. The quantitative estimate of drug-likeness (QED) is 0.819. The van der Waals surface area contributed by atoms with Crippen LogP contribution in [0.2, 0.25) is 0 Å². The molecule has 0 saturated carbocycles. The number of nitrogens with zero attached hydrogens (tertiary/aromatic N) is 2. The predicted octanol–water partition coefficient (Wildman–Crippen LogP) is 3.80. The van der Waals surface area contributed by atoms with Gasteiger partial charge in [0.1, 0.15) is 19.0 Å². The molecular formula is C21H29N3O2. The third-order valence-corrected chi connectivity index (χ3v) is 4.79. The molecule has 1 N–H and O–H groups in total. The summed E-state index contributed by atoms with van der Waals surface area (Å²) in [6.07, 6.45) is 1.95. The predicted molar refractivity (Wildman–Crippen MR) is 105 cm³/mol. The van der Waals surface area contributed by atoms with Crippen LogP contribution in [0, 0.1) is 5.92 Å². The molecule has 0 amide bonds. The molecule has 5 heteroatoms. The van der Waals surface area contributed by atoms with Gasteiger partial charge in [-0.25, -0.2) is 4.98 Å². The monoisotopic (exact) mass is 355 g/mol. The van der Waals surface area contributed by atoms with Crippen LogP contribution in [0.5, 0.6) is 11.5 Å². The van der Waals surface area contributed by atoms with Crippen LogP contribution >= 0.6 is 0 Å². The minimum absolute atomic E-state index is 0.240. The molecule has 140 valence electrons. The number of benzene rings is 1. The van der Waals surface area contributed by atoms with Crippen molar-refractivity contribution >= 4 is 5.82 Å². The summed E-state index contributed by atoms with van der Waals surface area (Å²) in [6, 6.07) is 10.7. The first-order valence-corrected chi connectivity index (χ1v) is 9.37. The third kappa shape index (κ3) is 4.28. The minimum Gasteiger partial charge on any atom is -0.486 e. The number of hydrogen-bond donors (Lipinski definition) is 1. The Bertz CT molecular complexity index is 716. The van der Waals surface area contributed by atoms with Crippen molar-refractivity contribution in [3.63, 3.8) is 0 Å². The van der Waals surface area contributed by atoms with Crippen LogP contribution in [0.4, 0.5) is 5.82 Å². The van der Waals surface area contributed by atoms with Gasteiger partial charge in [0.15, 0.2) is 11.5 Å². The number of nitrogens with one attached hydrogen (secondary N) is 1. The SMILES string of the molecule is CCN(C)c1ccc(CN[C@@H](c2ccc3c(c2)OCCO3)C(C)C)cn1. The Morgan fingerprint density at radius 2 is 1.88 bits per heavy atom. The van der Waals surface area contributed by atoms with Crippen LogP contribution < -0.4 is 19.7 Å². The van der Waals surface area contributed by atoms with Crippen LogP contribution in [0.1, 0.15) is 37.9 Å². The van der Waals surface area contributed by atoms with Crippen molar-refractivity contribution in [1.29, 1.82) is 0 Å². The highest BCUT2D eigenvalue weighted by Crippen LogP contribution is 2.34. The molecule has 0 radical (unpaired) electrons. The van der Waals surface area contributed by atoms with Gasteiger partial charge in [0.25, 0.3) is 0 Å². The van der Waals surface area contributed by atoms with Gasteiger partial charge in [0.2, 0.25) is 0 Å². The maximum Gasteiger partial charge on any atom is 0.161 e. The molecule has 1 aromatic heterocycles. The normalized spacial score (nSPS) is 14.3. The Hall–Kier alpha value is -2.27. The number of pyridine rings is 1. The molecule has 0 saturated heterocycles. The van der Waals surface area contributed by atoms with Gasteiger partial charge in [-0.3, -0.25) is 0 Å². The topological polar surface area (TPSA) is 46.6 Å². The molecule has 0 spiro atoms. The molecule has 0 fully saturated rings. The third-order valence-electron chi connectivity index (χ3n) is 4.79. The summed E-state index contributed by atoms with van der Waals surface area (Å²) in [5, 5.41) is 3.67. The molecule has 0 bridgehead atoms. The summed E-state index contributed by atoms with van der Waals surface area (Å²) in [6.45, 7) is 9.54. The standard InChI is InChI=1S/C21H29N3O2/c1-5-24(4)20-9-6-16(13-22-20)14-23-21(15(2)3)17-7-8-18-19(12-17)26-11-10-25-18/h6-9,12-13,15,21,23H,5,10-11,14H2,1-4H3/t21-/m1/s1. The van der Waals surface area contributed by atoms with Crippen LogP contribution in [0.15, 0.2) is 36.5 Å². The minimum atomic E-state index is 0.240. The van der Waals surface area contributed by atoms with Crippen molar-refractivity contribution < 1.29 is 9.47 Å². The smallest absolute Gasteiger partial charge is 0.161 e.